The molecule has 72 valence electrons. The van der Waals surface area contributed by atoms with Gasteiger partial charge in [0.05, 0.1) is 6.61 Å². The molecule has 0 unspecified atom stereocenters. The van der Waals surface area contributed by atoms with Crippen LogP contribution in [0.1, 0.15) is 11.1 Å². The minimum atomic E-state index is -0.210. The fourth-order valence-corrected chi connectivity index (χ4v) is 1.44. The predicted octanol–water partition coefficient (Wildman–Crippen LogP) is 2.33. The zero-order valence-corrected chi connectivity index (χ0v) is 8.90. The molecular formula is C9H11BrFNO. The Morgan fingerprint density at radius 2 is 2.23 bits per heavy atom. The lowest BCUT2D eigenvalue weighted by atomic mass is 10.1. The van der Waals surface area contributed by atoms with Crippen LogP contribution >= 0.6 is 15.9 Å². The van der Waals surface area contributed by atoms with Gasteiger partial charge in [0.2, 0.25) is 0 Å². The molecule has 0 bridgehead atoms. The summed E-state index contributed by atoms with van der Waals surface area (Å²) in [6, 6.07) is 3.25. The fraction of sp³-hybridized carbons (Fsp3) is 0.333. The smallest absolute Gasteiger partial charge is 0.126 e. The van der Waals surface area contributed by atoms with Crippen molar-refractivity contribution in [3.63, 3.8) is 0 Å². The first-order chi connectivity index (χ1) is 6.15. The Hall–Kier alpha value is -0.450. The number of rotatable bonds is 3. The minimum Gasteiger partial charge on any atom is -0.304 e. The normalized spacial score (nSPS) is 10.5. The Balaban J connectivity index is 2.88. The summed E-state index contributed by atoms with van der Waals surface area (Å²) in [6.07, 6.45) is 0.487. The van der Waals surface area contributed by atoms with Gasteiger partial charge in [-0.15, -0.1) is 0 Å². The molecule has 0 saturated carbocycles. The van der Waals surface area contributed by atoms with E-state index in [1.807, 2.05) is 6.92 Å². The second kappa shape index (κ2) is 4.69. The van der Waals surface area contributed by atoms with Gasteiger partial charge in [-0.05, 0) is 30.2 Å². The number of nitrogens with two attached hydrogens (primary N) is 1. The highest BCUT2D eigenvalue weighted by Crippen LogP contribution is 2.20. The number of halogens is 2. The molecule has 4 heteroatoms. The zero-order valence-electron chi connectivity index (χ0n) is 7.31. The molecule has 0 aliphatic rings. The van der Waals surface area contributed by atoms with Crippen LogP contribution in [0.2, 0.25) is 0 Å². The third kappa shape index (κ3) is 2.76. The van der Waals surface area contributed by atoms with Gasteiger partial charge < -0.3 is 4.84 Å². The highest BCUT2D eigenvalue weighted by Gasteiger charge is 2.05. The minimum absolute atomic E-state index is 0.210. The highest BCUT2D eigenvalue weighted by molar-refractivity contribution is 9.10. The van der Waals surface area contributed by atoms with E-state index in [-0.39, 0.29) is 5.82 Å². The molecule has 13 heavy (non-hydrogen) atoms. The van der Waals surface area contributed by atoms with Crippen LogP contribution in [-0.4, -0.2) is 6.61 Å². The Bertz CT molecular complexity index is 304. The lowest BCUT2D eigenvalue weighted by Crippen LogP contribution is -2.05. The number of hydrogen-bond acceptors (Lipinski definition) is 2. The molecule has 1 rings (SSSR count). The first kappa shape index (κ1) is 10.6. The summed E-state index contributed by atoms with van der Waals surface area (Å²) in [7, 11) is 0. The average Bonchev–Trinajstić information content (AvgIpc) is 2.09. The highest BCUT2D eigenvalue weighted by atomic mass is 79.9. The van der Waals surface area contributed by atoms with Crippen LogP contribution in [0.15, 0.2) is 16.6 Å². The SMILES string of the molecule is Cc1cc(F)c(CCON)cc1Br. The average molecular weight is 248 g/mol. The van der Waals surface area contributed by atoms with Crippen LogP contribution in [0.3, 0.4) is 0 Å². The molecule has 0 fully saturated rings. The molecule has 1 aromatic rings. The van der Waals surface area contributed by atoms with Gasteiger partial charge >= 0.3 is 0 Å². The number of benzene rings is 1. The molecule has 0 heterocycles. The Morgan fingerprint density at radius 3 is 2.85 bits per heavy atom. The van der Waals surface area contributed by atoms with E-state index in [1.54, 1.807) is 6.07 Å². The quantitative estimate of drug-likeness (QED) is 0.833. The van der Waals surface area contributed by atoms with Gasteiger partial charge in [0, 0.05) is 10.9 Å². The maximum absolute atomic E-state index is 13.2. The lowest BCUT2D eigenvalue weighted by molar-refractivity contribution is 0.140. The summed E-state index contributed by atoms with van der Waals surface area (Å²) in [4.78, 5) is 4.39. The van der Waals surface area contributed by atoms with E-state index in [2.05, 4.69) is 20.8 Å². The third-order valence-corrected chi connectivity index (χ3v) is 2.67. The predicted molar refractivity (Wildman–Crippen MR) is 52.7 cm³/mol. The molecule has 0 aromatic heterocycles. The van der Waals surface area contributed by atoms with Gasteiger partial charge in [0.15, 0.2) is 0 Å². The van der Waals surface area contributed by atoms with Crippen molar-refractivity contribution in [1.29, 1.82) is 0 Å². The summed E-state index contributed by atoms with van der Waals surface area (Å²) in [5, 5.41) is 0. The summed E-state index contributed by atoms with van der Waals surface area (Å²) in [5.74, 6) is 4.65. The Labute approximate surface area is 85.0 Å². The molecule has 0 aliphatic heterocycles. The van der Waals surface area contributed by atoms with E-state index in [4.69, 9.17) is 5.90 Å². The van der Waals surface area contributed by atoms with Crippen molar-refractivity contribution in [3.05, 3.63) is 33.5 Å². The number of aryl methyl sites for hydroxylation is 1. The largest absolute Gasteiger partial charge is 0.304 e. The standard InChI is InChI=1S/C9H11BrFNO/c1-6-4-9(11)7(2-3-13-12)5-8(6)10/h4-5H,2-3,12H2,1H3. The van der Waals surface area contributed by atoms with Gasteiger partial charge in [0.25, 0.3) is 0 Å². The first-order valence-electron chi connectivity index (χ1n) is 3.91. The molecule has 1 aromatic carbocycles. The molecule has 2 N–H and O–H groups in total. The first-order valence-corrected chi connectivity index (χ1v) is 4.70. The Kier molecular flexibility index (Phi) is 3.84. The molecule has 0 spiro atoms. The number of hydrogen-bond donors (Lipinski definition) is 1. The third-order valence-electron chi connectivity index (χ3n) is 1.82. The van der Waals surface area contributed by atoms with E-state index in [0.717, 1.165) is 10.0 Å². The van der Waals surface area contributed by atoms with Crippen LogP contribution in [0, 0.1) is 12.7 Å². The van der Waals surface area contributed by atoms with Crippen molar-refractivity contribution in [3.8, 4) is 0 Å². The van der Waals surface area contributed by atoms with Gasteiger partial charge in [-0.3, -0.25) is 0 Å². The van der Waals surface area contributed by atoms with Crippen molar-refractivity contribution in [2.24, 2.45) is 5.90 Å². The molecule has 0 atom stereocenters. The van der Waals surface area contributed by atoms with Crippen molar-refractivity contribution < 1.29 is 9.23 Å². The molecule has 0 amide bonds. The van der Waals surface area contributed by atoms with Gasteiger partial charge in [-0.1, -0.05) is 15.9 Å². The van der Waals surface area contributed by atoms with E-state index in [0.29, 0.717) is 18.6 Å². The van der Waals surface area contributed by atoms with Crippen LogP contribution in [-0.2, 0) is 11.3 Å². The van der Waals surface area contributed by atoms with Crippen LogP contribution in [0.25, 0.3) is 0 Å². The van der Waals surface area contributed by atoms with Gasteiger partial charge in [0.1, 0.15) is 5.82 Å². The van der Waals surface area contributed by atoms with E-state index < -0.39 is 0 Å². The van der Waals surface area contributed by atoms with Gasteiger partial charge in [-0.25, -0.2) is 10.3 Å². The summed E-state index contributed by atoms with van der Waals surface area (Å²) in [6.45, 7) is 2.17. The summed E-state index contributed by atoms with van der Waals surface area (Å²) in [5.41, 5.74) is 1.50. The molecule has 0 radical (unpaired) electrons. The summed E-state index contributed by atoms with van der Waals surface area (Å²) < 4.78 is 14.1. The molecule has 0 aliphatic carbocycles. The van der Waals surface area contributed by atoms with E-state index in [1.165, 1.54) is 6.07 Å². The van der Waals surface area contributed by atoms with Gasteiger partial charge in [-0.2, -0.15) is 0 Å². The Morgan fingerprint density at radius 1 is 1.54 bits per heavy atom. The summed E-state index contributed by atoms with van der Waals surface area (Å²) >= 11 is 3.33. The van der Waals surface area contributed by atoms with Crippen molar-refractivity contribution in [1.82, 2.24) is 0 Å². The topological polar surface area (TPSA) is 35.2 Å². The second-order valence-electron chi connectivity index (χ2n) is 2.81. The molecule has 0 saturated heterocycles. The molecule has 2 nitrogen and oxygen atoms in total. The monoisotopic (exact) mass is 247 g/mol. The van der Waals surface area contributed by atoms with Crippen molar-refractivity contribution >= 4 is 15.9 Å². The fourth-order valence-electron chi connectivity index (χ4n) is 1.05. The van der Waals surface area contributed by atoms with Crippen LogP contribution < -0.4 is 5.90 Å². The van der Waals surface area contributed by atoms with Crippen LogP contribution in [0.5, 0.6) is 0 Å². The lowest BCUT2D eigenvalue weighted by Gasteiger charge is -2.05. The maximum Gasteiger partial charge on any atom is 0.126 e. The van der Waals surface area contributed by atoms with Crippen LogP contribution in [0.4, 0.5) is 4.39 Å². The van der Waals surface area contributed by atoms with E-state index >= 15 is 0 Å². The van der Waals surface area contributed by atoms with Crippen molar-refractivity contribution in [2.75, 3.05) is 6.61 Å². The molecular weight excluding hydrogens is 237 g/mol. The maximum atomic E-state index is 13.2. The van der Waals surface area contributed by atoms with E-state index in [9.17, 15) is 4.39 Å². The second-order valence-corrected chi connectivity index (χ2v) is 3.67. The zero-order chi connectivity index (χ0) is 9.84. The van der Waals surface area contributed by atoms with Crippen molar-refractivity contribution in [2.45, 2.75) is 13.3 Å².